The molecule has 0 aliphatic carbocycles. The number of halogens is 4. The fraction of sp³-hybridized carbons (Fsp3) is 0.143. The molecule has 0 heterocycles. The van der Waals surface area contributed by atoms with Gasteiger partial charge in [0.1, 0.15) is 11.6 Å². The van der Waals surface area contributed by atoms with Crippen LogP contribution < -0.4 is 5.73 Å². The molecular formula is C14H11Br2F2N. The van der Waals surface area contributed by atoms with E-state index in [1.54, 1.807) is 18.2 Å². The summed E-state index contributed by atoms with van der Waals surface area (Å²) in [7, 11) is 0. The maximum Gasteiger partial charge on any atom is 0.128 e. The number of benzene rings is 2. The molecule has 5 heteroatoms. The number of hydrogen-bond donors (Lipinski definition) is 1. The van der Waals surface area contributed by atoms with Crippen molar-refractivity contribution < 1.29 is 8.78 Å². The highest BCUT2D eigenvalue weighted by Crippen LogP contribution is 2.26. The minimum absolute atomic E-state index is 0.333. The second kappa shape index (κ2) is 6.11. The summed E-state index contributed by atoms with van der Waals surface area (Å²) in [5.74, 6) is -0.691. The highest BCUT2D eigenvalue weighted by molar-refractivity contribution is 9.10. The van der Waals surface area contributed by atoms with Crippen LogP contribution in [0.4, 0.5) is 8.78 Å². The summed E-state index contributed by atoms with van der Waals surface area (Å²) in [6.45, 7) is 0. The minimum atomic E-state index is -0.532. The molecule has 2 N–H and O–H groups in total. The van der Waals surface area contributed by atoms with E-state index in [4.69, 9.17) is 5.73 Å². The Kier molecular flexibility index (Phi) is 4.71. The molecule has 1 atom stereocenters. The summed E-state index contributed by atoms with van der Waals surface area (Å²) in [5.41, 5.74) is 7.13. The van der Waals surface area contributed by atoms with Crippen LogP contribution in [0.25, 0.3) is 0 Å². The fourth-order valence-corrected chi connectivity index (χ4v) is 2.63. The SMILES string of the molecule is NC(Cc1cc(F)ccc1Br)c1cc(Br)ccc1F. The third-order valence-corrected chi connectivity index (χ3v) is 4.07. The van der Waals surface area contributed by atoms with E-state index >= 15 is 0 Å². The van der Waals surface area contributed by atoms with Crippen LogP contribution in [0.2, 0.25) is 0 Å². The zero-order valence-corrected chi connectivity index (χ0v) is 13.0. The average Bonchev–Trinajstić information content (AvgIpc) is 2.36. The van der Waals surface area contributed by atoms with Crippen molar-refractivity contribution in [1.82, 2.24) is 0 Å². The van der Waals surface area contributed by atoms with E-state index in [1.165, 1.54) is 18.2 Å². The smallest absolute Gasteiger partial charge is 0.128 e. The van der Waals surface area contributed by atoms with Crippen LogP contribution >= 0.6 is 31.9 Å². The Hall–Kier alpha value is -0.780. The summed E-state index contributed by atoms with van der Waals surface area (Å²) in [5, 5.41) is 0. The van der Waals surface area contributed by atoms with Crippen molar-refractivity contribution in [2.75, 3.05) is 0 Å². The fourth-order valence-electron chi connectivity index (χ4n) is 1.85. The van der Waals surface area contributed by atoms with Gasteiger partial charge in [-0.3, -0.25) is 0 Å². The van der Waals surface area contributed by atoms with Crippen LogP contribution in [0.5, 0.6) is 0 Å². The lowest BCUT2D eigenvalue weighted by atomic mass is 9.99. The van der Waals surface area contributed by atoms with Gasteiger partial charge in [0, 0.05) is 20.6 Å². The molecule has 1 nitrogen and oxygen atoms in total. The van der Waals surface area contributed by atoms with Gasteiger partial charge in [-0.1, -0.05) is 31.9 Å². The second-order valence-corrected chi connectivity index (χ2v) is 5.98. The van der Waals surface area contributed by atoms with Crippen LogP contribution in [-0.2, 0) is 6.42 Å². The summed E-state index contributed by atoms with van der Waals surface area (Å²) < 4.78 is 28.4. The highest BCUT2D eigenvalue weighted by atomic mass is 79.9. The van der Waals surface area contributed by atoms with E-state index < -0.39 is 6.04 Å². The third-order valence-electron chi connectivity index (χ3n) is 2.81. The van der Waals surface area contributed by atoms with Gasteiger partial charge in [-0.2, -0.15) is 0 Å². The Bertz CT molecular complexity index is 602. The van der Waals surface area contributed by atoms with Crippen molar-refractivity contribution in [3.63, 3.8) is 0 Å². The van der Waals surface area contributed by atoms with E-state index in [1.807, 2.05) is 0 Å². The first-order chi connectivity index (χ1) is 8.97. The molecule has 2 aromatic rings. The molecule has 0 aliphatic heterocycles. The lowest BCUT2D eigenvalue weighted by Gasteiger charge is -2.14. The topological polar surface area (TPSA) is 26.0 Å². The molecule has 1 unspecified atom stereocenters. The Labute approximate surface area is 127 Å². The Morgan fingerprint density at radius 1 is 1.05 bits per heavy atom. The molecule has 0 spiro atoms. The second-order valence-electron chi connectivity index (χ2n) is 4.21. The summed E-state index contributed by atoms with van der Waals surface area (Å²) in [4.78, 5) is 0. The van der Waals surface area contributed by atoms with E-state index in [-0.39, 0.29) is 11.6 Å². The third kappa shape index (κ3) is 3.61. The first-order valence-electron chi connectivity index (χ1n) is 5.62. The monoisotopic (exact) mass is 389 g/mol. The largest absolute Gasteiger partial charge is 0.324 e. The first-order valence-corrected chi connectivity index (χ1v) is 7.20. The molecule has 0 aliphatic rings. The molecule has 2 rings (SSSR count). The maximum absolute atomic E-state index is 13.7. The number of nitrogens with two attached hydrogens (primary N) is 1. The summed E-state index contributed by atoms with van der Waals surface area (Å²) >= 11 is 6.62. The van der Waals surface area contributed by atoms with Crippen molar-refractivity contribution >= 4 is 31.9 Å². The van der Waals surface area contributed by atoms with Crippen LogP contribution in [0.15, 0.2) is 45.3 Å². The molecule has 100 valence electrons. The highest BCUT2D eigenvalue weighted by Gasteiger charge is 2.14. The number of hydrogen-bond acceptors (Lipinski definition) is 1. The molecule has 0 fully saturated rings. The average molecular weight is 391 g/mol. The zero-order valence-electron chi connectivity index (χ0n) is 9.84. The normalized spacial score (nSPS) is 12.5. The Morgan fingerprint density at radius 2 is 1.79 bits per heavy atom. The summed E-state index contributed by atoms with van der Waals surface area (Å²) in [6.07, 6.45) is 0.353. The van der Waals surface area contributed by atoms with Gasteiger partial charge in [0.2, 0.25) is 0 Å². The minimum Gasteiger partial charge on any atom is -0.324 e. The molecule has 2 aromatic carbocycles. The van der Waals surface area contributed by atoms with E-state index in [2.05, 4.69) is 31.9 Å². The Morgan fingerprint density at radius 3 is 2.53 bits per heavy atom. The van der Waals surface area contributed by atoms with Crippen LogP contribution in [0.3, 0.4) is 0 Å². The lowest BCUT2D eigenvalue weighted by molar-refractivity contribution is 0.577. The summed E-state index contributed by atoms with van der Waals surface area (Å²) in [6, 6.07) is 8.47. The maximum atomic E-state index is 13.7. The number of rotatable bonds is 3. The lowest BCUT2D eigenvalue weighted by Crippen LogP contribution is -2.15. The quantitative estimate of drug-likeness (QED) is 0.805. The van der Waals surface area contributed by atoms with Crippen molar-refractivity contribution in [2.45, 2.75) is 12.5 Å². The zero-order chi connectivity index (χ0) is 14.0. The van der Waals surface area contributed by atoms with Gasteiger partial charge in [0.05, 0.1) is 0 Å². The van der Waals surface area contributed by atoms with Gasteiger partial charge < -0.3 is 5.73 Å². The Balaban J connectivity index is 2.27. The van der Waals surface area contributed by atoms with Crippen LogP contribution in [-0.4, -0.2) is 0 Å². The van der Waals surface area contributed by atoms with E-state index in [9.17, 15) is 8.78 Å². The predicted molar refractivity (Wildman–Crippen MR) is 78.8 cm³/mol. The van der Waals surface area contributed by atoms with Gasteiger partial charge >= 0.3 is 0 Å². The molecule has 0 aromatic heterocycles. The molecule has 0 saturated carbocycles. The van der Waals surface area contributed by atoms with Crippen molar-refractivity contribution in [2.24, 2.45) is 5.73 Å². The van der Waals surface area contributed by atoms with Crippen molar-refractivity contribution in [3.8, 4) is 0 Å². The molecular weight excluding hydrogens is 380 g/mol. The van der Waals surface area contributed by atoms with Gasteiger partial charge in [-0.05, 0) is 48.4 Å². The standard InChI is InChI=1S/C14H11Br2F2N/c15-9-1-4-13(18)11(7-9)14(19)6-8-5-10(17)2-3-12(8)16/h1-5,7,14H,6,19H2. The molecule has 0 bridgehead atoms. The van der Waals surface area contributed by atoms with Gasteiger partial charge in [-0.15, -0.1) is 0 Å². The van der Waals surface area contributed by atoms with E-state index in [0.717, 1.165) is 8.95 Å². The first kappa shape index (κ1) is 14.6. The van der Waals surface area contributed by atoms with Crippen LogP contribution in [0, 0.1) is 11.6 Å². The molecule has 19 heavy (non-hydrogen) atoms. The van der Waals surface area contributed by atoms with Crippen molar-refractivity contribution in [3.05, 3.63) is 68.1 Å². The molecule has 0 radical (unpaired) electrons. The van der Waals surface area contributed by atoms with E-state index in [0.29, 0.717) is 17.5 Å². The van der Waals surface area contributed by atoms with Gasteiger partial charge in [-0.25, -0.2) is 8.78 Å². The molecule has 0 amide bonds. The predicted octanol–water partition coefficient (Wildman–Crippen LogP) is 4.73. The van der Waals surface area contributed by atoms with Gasteiger partial charge in [0.25, 0.3) is 0 Å². The molecule has 0 saturated heterocycles. The van der Waals surface area contributed by atoms with Gasteiger partial charge in [0.15, 0.2) is 0 Å². The van der Waals surface area contributed by atoms with Crippen LogP contribution in [0.1, 0.15) is 17.2 Å². The van der Waals surface area contributed by atoms with Crippen molar-refractivity contribution in [1.29, 1.82) is 0 Å².